The summed E-state index contributed by atoms with van der Waals surface area (Å²) in [6, 6.07) is 2.23. The van der Waals surface area contributed by atoms with E-state index >= 15 is 0 Å². The Kier molecular flexibility index (Phi) is 4.92. The summed E-state index contributed by atoms with van der Waals surface area (Å²) in [7, 11) is 1.56. The maximum Gasteiger partial charge on any atom is 0.416 e. The molecule has 0 aliphatic carbocycles. The van der Waals surface area contributed by atoms with Crippen LogP contribution in [-0.2, 0) is 6.18 Å². The van der Waals surface area contributed by atoms with Crippen LogP contribution in [-0.4, -0.2) is 42.6 Å². The number of aromatic nitrogens is 1. The Morgan fingerprint density at radius 1 is 1.33 bits per heavy atom. The van der Waals surface area contributed by atoms with Crippen LogP contribution in [0.3, 0.4) is 0 Å². The SMILES string of the molecule is CCN1CCCC(Nc2cc(C(F)(F)F)cc(NC)n2)C1. The Bertz CT molecular complexity index is 476. The number of piperidine rings is 1. The molecule has 1 aliphatic heterocycles. The standard InChI is InChI=1S/C14H21F3N4/c1-3-21-6-4-5-11(9-21)19-13-8-10(14(15,16)17)7-12(18-2)20-13/h7-8,11H,3-6,9H2,1-2H3,(H2,18,19,20). The number of halogens is 3. The second-order valence-corrected chi connectivity index (χ2v) is 5.25. The molecule has 1 fully saturated rings. The molecule has 1 unspecified atom stereocenters. The Labute approximate surface area is 122 Å². The lowest BCUT2D eigenvalue weighted by Crippen LogP contribution is -2.42. The van der Waals surface area contributed by atoms with Gasteiger partial charge < -0.3 is 15.5 Å². The van der Waals surface area contributed by atoms with Crippen LogP contribution < -0.4 is 10.6 Å². The highest BCUT2D eigenvalue weighted by Gasteiger charge is 2.32. The molecule has 0 amide bonds. The number of anilines is 2. The fraction of sp³-hybridized carbons (Fsp3) is 0.643. The van der Waals surface area contributed by atoms with E-state index in [0.717, 1.165) is 44.6 Å². The van der Waals surface area contributed by atoms with Crippen LogP contribution in [0.2, 0.25) is 0 Å². The number of likely N-dealkylation sites (N-methyl/N-ethyl adjacent to an activating group) is 1. The largest absolute Gasteiger partial charge is 0.416 e. The molecule has 0 aromatic carbocycles. The molecular weight excluding hydrogens is 281 g/mol. The molecule has 2 heterocycles. The van der Waals surface area contributed by atoms with Crippen LogP contribution in [0.5, 0.6) is 0 Å². The Hall–Kier alpha value is -1.50. The maximum absolute atomic E-state index is 12.9. The average molecular weight is 302 g/mol. The molecule has 0 bridgehead atoms. The van der Waals surface area contributed by atoms with Crippen molar-refractivity contribution in [2.75, 3.05) is 37.3 Å². The Morgan fingerprint density at radius 2 is 2.05 bits per heavy atom. The second kappa shape index (κ2) is 6.51. The molecule has 1 saturated heterocycles. The number of pyridine rings is 1. The average Bonchev–Trinajstić information content (AvgIpc) is 2.46. The van der Waals surface area contributed by atoms with Gasteiger partial charge in [0.05, 0.1) is 5.56 Å². The van der Waals surface area contributed by atoms with Crippen molar-refractivity contribution in [3.63, 3.8) is 0 Å². The van der Waals surface area contributed by atoms with Crippen LogP contribution in [0.1, 0.15) is 25.3 Å². The quantitative estimate of drug-likeness (QED) is 0.897. The zero-order valence-electron chi connectivity index (χ0n) is 12.3. The lowest BCUT2D eigenvalue weighted by Gasteiger charge is -2.32. The molecule has 0 spiro atoms. The van der Waals surface area contributed by atoms with Gasteiger partial charge in [-0.05, 0) is 38.1 Å². The van der Waals surface area contributed by atoms with Crippen molar-refractivity contribution in [3.05, 3.63) is 17.7 Å². The molecule has 2 rings (SSSR count). The van der Waals surface area contributed by atoms with E-state index in [4.69, 9.17) is 0 Å². The normalized spacial score (nSPS) is 20.3. The maximum atomic E-state index is 12.9. The molecule has 1 aromatic heterocycles. The van der Waals surface area contributed by atoms with Crippen molar-refractivity contribution in [1.29, 1.82) is 0 Å². The van der Waals surface area contributed by atoms with Crippen LogP contribution in [0.25, 0.3) is 0 Å². The molecule has 1 aliphatic rings. The van der Waals surface area contributed by atoms with E-state index in [1.165, 1.54) is 0 Å². The van der Waals surface area contributed by atoms with Gasteiger partial charge in [-0.2, -0.15) is 13.2 Å². The van der Waals surface area contributed by atoms with Gasteiger partial charge in [-0.15, -0.1) is 0 Å². The van der Waals surface area contributed by atoms with Gasteiger partial charge in [0.25, 0.3) is 0 Å². The van der Waals surface area contributed by atoms with Crippen molar-refractivity contribution in [3.8, 4) is 0 Å². The topological polar surface area (TPSA) is 40.2 Å². The van der Waals surface area contributed by atoms with Crippen molar-refractivity contribution in [2.45, 2.75) is 32.0 Å². The summed E-state index contributed by atoms with van der Waals surface area (Å²) < 4.78 is 38.7. The third-order valence-corrected chi connectivity index (χ3v) is 3.71. The minimum atomic E-state index is -4.37. The summed E-state index contributed by atoms with van der Waals surface area (Å²) in [5.41, 5.74) is -0.687. The smallest absolute Gasteiger partial charge is 0.373 e. The third-order valence-electron chi connectivity index (χ3n) is 3.71. The summed E-state index contributed by atoms with van der Waals surface area (Å²) in [6.45, 7) is 4.93. The number of alkyl halides is 3. The van der Waals surface area contributed by atoms with Crippen LogP contribution >= 0.6 is 0 Å². The first kappa shape index (κ1) is 15.9. The first-order valence-electron chi connectivity index (χ1n) is 7.18. The van der Waals surface area contributed by atoms with E-state index in [0.29, 0.717) is 0 Å². The number of hydrogen-bond donors (Lipinski definition) is 2. The van der Waals surface area contributed by atoms with E-state index in [2.05, 4.69) is 27.4 Å². The van der Waals surface area contributed by atoms with Gasteiger partial charge in [-0.3, -0.25) is 0 Å². The Balaban J connectivity index is 2.15. The molecule has 0 saturated carbocycles. The van der Waals surface area contributed by atoms with Crippen molar-refractivity contribution in [2.24, 2.45) is 0 Å². The van der Waals surface area contributed by atoms with Crippen LogP contribution in [0.15, 0.2) is 12.1 Å². The molecule has 0 radical (unpaired) electrons. The van der Waals surface area contributed by atoms with Gasteiger partial charge in [0.15, 0.2) is 0 Å². The Morgan fingerprint density at radius 3 is 2.67 bits per heavy atom. The first-order valence-corrected chi connectivity index (χ1v) is 7.18. The van der Waals surface area contributed by atoms with Crippen molar-refractivity contribution < 1.29 is 13.2 Å². The molecule has 1 aromatic rings. The molecule has 4 nitrogen and oxygen atoms in total. The summed E-state index contributed by atoms with van der Waals surface area (Å²) >= 11 is 0. The highest BCUT2D eigenvalue weighted by molar-refractivity contribution is 5.50. The highest BCUT2D eigenvalue weighted by Crippen LogP contribution is 2.32. The van der Waals surface area contributed by atoms with Gasteiger partial charge in [-0.25, -0.2) is 4.98 Å². The van der Waals surface area contributed by atoms with Crippen LogP contribution in [0.4, 0.5) is 24.8 Å². The van der Waals surface area contributed by atoms with Crippen molar-refractivity contribution >= 4 is 11.6 Å². The predicted molar refractivity (Wildman–Crippen MR) is 77.5 cm³/mol. The number of rotatable bonds is 4. The second-order valence-electron chi connectivity index (χ2n) is 5.25. The minimum Gasteiger partial charge on any atom is -0.373 e. The zero-order valence-corrected chi connectivity index (χ0v) is 12.3. The fourth-order valence-corrected chi connectivity index (χ4v) is 2.57. The van der Waals surface area contributed by atoms with E-state index < -0.39 is 11.7 Å². The monoisotopic (exact) mass is 302 g/mol. The van der Waals surface area contributed by atoms with Gasteiger partial charge in [0, 0.05) is 19.6 Å². The van der Waals surface area contributed by atoms with Gasteiger partial charge in [0.2, 0.25) is 0 Å². The van der Waals surface area contributed by atoms with Gasteiger partial charge >= 0.3 is 6.18 Å². The van der Waals surface area contributed by atoms with Gasteiger partial charge in [0.1, 0.15) is 11.6 Å². The lowest BCUT2D eigenvalue weighted by atomic mass is 10.1. The fourth-order valence-electron chi connectivity index (χ4n) is 2.57. The summed E-state index contributed by atoms with van der Waals surface area (Å²) in [5, 5.41) is 5.82. The number of hydrogen-bond acceptors (Lipinski definition) is 4. The molecule has 2 N–H and O–H groups in total. The molecule has 21 heavy (non-hydrogen) atoms. The first-order chi connectivity index (χ1) is 9.92. The summed E-state index contributed by atoms with van der Waals surface area (Å²) in [4.78, 5) is 6.46. The van der Waals surface area contributed by atoms with Crippen LogP contribution in [0, 0.1) is 0 Å². The highest BCUT2D eigenvalue weighted by atomic mass is 19.4. The third kappa shape index (κ3) is 4.23. The molecule has 1 atom stereocenters. The number of nitrogens with one attached hydrogen (secondary N) is 2. The molecule has 7 heteroatoms. The number of nitrogens with zero attached hydrogens (tertiary/aromatic N) is 2. The van der Waals surface area contributed by atoms with E-state index in [1.807, 2.05) is 0 Å². The summed E-state index contributed by atoms with van der Waals surface area (Å²) in [6.07, 6.45) is -2.38. The lowest BCUT2D eigenvalue weighted by molar-refractivity contribution is -0.137. The van der Waals surface area contributed by atoms with E-state index in [1.54, 1.807) is 7.05 Å². The molecule has 118 valence electrons. The summed E-state index contributed by atoms with van der Waals surface area (Å²) in [5.74, 6) is 0.493. The van der Waals surface area contributed by atoms with E-state index in [-0.39, 0.29) is 17.7 Å². The zero-order chi connectivity index (χ0) is 15.5. The van der Waals surface area contributed by atoms with E-state index in [9.17, 15) is 13.2 Å². The molecular formula is C14H21F3N4. The number of likely N-dealkylation sites (tertiary alicyclic amines) is 1. The predicted octanol–water partition coefficient (Wildman–Crippen LogP) is 3.04. The van der Waals surface area contributed by atoms with Crippen molar-refractivity contribution in [1.82, 2.24) is 9.88 Å². The minimum absolute atomic E-state index is 0.138. The van der Waals surface area contributed by atoms with Gasteiger partial charge in [-0.1, -0.05) is 6.92 Å².